The fraction of sp³-hybridized carbons (Fsp3) is 0.417. The fourth-order valence-corrected chi connectivity index (χ4v) is 3.06. The molecule has 1 aliphatic heterocycles. The van der Waals surface area contributed by atoms with Crippen LogP contribution < -0.4 is 0 Å². The zero-order valence-corrected chi connectivity index (χ0v) is 10.4. The van der Waals surface area contributed by atoms with Gasteiger partial charge < -0.3 is 4.90 Å². The third-order valence-corrected chi connectivity index (χ3v) is 4.09. The van der Waals surface area contributed by atoms with Crippen LogP contribution in [-0.2, 0) is 0 Å². The molecule has 0 aromatic carbocycles. The molecule has 0 radical (unpaired) electrons. The van der Waals surface area contributed by atoms with Crippen molar-refractivity contribution < 1.29 is 4.79 Å². The Morgan fingerprint density at radius 3 is 3.06 bits per heavy atom. The van der Waals surface area contributed by atoms with Gasteiger partial charge in [-0.2, -0.15) is 0 Å². The molecule has 5 heteroatoms. The van der Waals surface area contributed by atoms with Crippen molar-refractivity contribution in [2.75, 3.05) is 20.1 Å². The van der Waals surface area contributed by atoms with Crippen LogP contribution in [0.2, 0.25) is 0 Å². The lowest BCUT2D eigenvalue weighted by Crippen LogP contribution is -2.13. The number of fused-ring (bicyclic) bond motifs is 1. The fourth-order valence-electron chi connectivity index (χ4n) is 2.30. The van der Waals surface area contributed by atoms with Gasteiger partial charge in [-0.25, -0.2) is 9.97 Å². The van der Waals surface area contributed by atoms with E-state index in [0.29, 0.717) is 10.9 Å². The molecule has 17 heavy (non-hydrogen) atoms. The molecule has 0 saturated carbocycles. The molecule has 0 aliphatic carbocycles. The maximum atomic E-state index is 10.7. The van der Waals surface area contributed by atoms with Crippen LogP contribution in [0.1, 0.15) is 27.8 Å². The zero-order chi connectivity index (χ0) is 11.8. The van der Waals surface area contributed by atoms with Crippen LogP contribution in [0, 0.1) is 0 Å². The van der Waals surface area contributed by atoms with Gasteiger partial charge in [0.2, 0.25) is 0 Å². The highest BCUT2D eigenvalue weighted by atomic mass is 32.1. The van der Waals surface area contributed by atoms with Crippen LogP contribution in [0.5, 0.6) is 0 Å². The molecule has 2 aromatic rings. The minimum absolute atomic E-state index is 0.508. The van der Waals surface area contributed by atoms with Crippen LogP contribution in [0.15, 0.2) is 12.1 Å². The van der Waals surface area contributed by atoms with Crippen LogP contribution >= 0.6 is 11.3 Å². The minimum Gasteiger partial charge on any atom is -0.306 e. The quantitative estimate of drug-likeness (QED) is 0.761. The number of rotatable bonds is 2. The summed E-state index contributed by atoms with van der Waals surface area (Å²) in [4.78, 5) is 22.7. The summed E-state index contributed by atoms with van der Waals surface area (Å²) in [7, 11) is 2.13. The second-order valence-corrected chi connectivity index (χ2v) is 5.49. The van der Waals surface area contributed by atoms with Crippen LogP contribution in [0.4, 0.5) is 0 Å². The molecule has 1 atom stereocenters. The molecule has 0 spiro atoms. The maximum absolute atomic E-state index is 10.7. The highest BCUT2D eigenvalue weighted by molar-refractivity contribution is 7.19. The summed E-state index contributed by atoms with van der Waals surface area (Å²) < 4.78 is 0. The minimum atomic E-state index is 0.508. The first kappa shape index (κ1) is 10.8. The first-order valence-corrected chi connectivity index (χ1v) is 6.49. The van der Waals surface area contributed by atoms with E-state index < -0.39 is 0 Å². The number of aromatic nitrogens is 2. The average molecular weight is 247 g/mol. The number of aldehydes is 1. The topological polar surface area (TPSA) is 46.1 Å². The molecule has 2 aromatic heterocycles. The summed E-state index contributed by atoms with van der Waals surface area (Å²) in [6.07, 6.45) is 1.95. The lowest BCUT2D eigenvalue weighted by Gasteiger charge is -2.09. The third-order valence-electron chi connectivity index (χ3n) is 3.20. The number of likely N-dealkylation sites (N-methyl/N-ethyl adjacent to an activating group) is 1. The highest BCUT2D eigenvalue weighted by Gasteiger charge is 2.22. The Morgan fingerprint density at radius 2 is 2.35 bits per heavy atom. The van der Waals surface area contributed by atoms with Gasteiger partial charge >= 0.3 is 0 Å². The molecule has 1 aliphatic rings. The van der Waals surface area contributed by atoms with Gasteiger partial charge in [0.25, 0.3) is 0 Å². The van der Waals surface area contributed by atoms with Gasteiger partial charge in [0.15, 0.2) is 11.3 Å². The van der Waals surface area contributed by atoms with Crippen LogP contribution in [-0.4, -0.2) is 41.3 Å². The van der Waals surface area contributed by atoms with Crippen molar-refractivity contribution in [2.45, 2.75) is 12.3 Å². The van der Waals surface area contributed by atoms with Crippen molar-refractivity contribution in [3.8, 4) is 0 Å². The summed E-state index contributed by atoms with van der Waals surface area (Å²) >= 11 is 1.37. The molecular weight excluding hydrogens is 234 g/mol. The Kier molecular flexibility index (Phi) is 2.64. The number of hydrogen-bond acceptors (Lipinski definition) is 5. The first-order chi connectivity index (χ1) is 8.26. The van der Waals surface area contributed by atoms with E-state index in [1.54, 1.807) is 0 Å². The van der Waals surface area contributed by atoms with E-state index in [0.717, 1.165) is 41.8 Å². The van der Waals surface area contributed by atoms with Crippen LogP contribution in [0.3, 0.4) is 0 Å². The van der Waals surface area contributed by atoms with Crippen molar-refractivity contribution in [3.63, 3.8) is 0 Å². The summed E-state index contributed by atoms with van der Waals surface area (Å²) in [6.45, 7) is 2.20. The molecular formula is C12H13N3OS. The SMILES string of the molecule is CN1CCC(c2ccc3nc(C=O)sc3n2)C1. The summed E-state index contributed by atoms with van der Waals surface area (Å²) in [6, 6.07) is 4.01. The Bertz CT molecular complexity index is 566. The maximum Gasteiger partial charge on any atom is 0.178 e. The number of nitrogens with zero attached hydrogens (tertiary/aromatic N) is 3. The van der Waals surface area contributed by atoms with Gasteiger partial charge in [-0.1, -0.05) is 11.3 Å². The molecule has 1 saturated heterocycles. The molecule has 1 fully saturated rings. The predicted octanol–water partition coefficient (Wildman–Crippen LogP) is 1.92. The second kappa shape index (κ2) is 4.16. The van der Waals surface area contributed by atoms with E-state index in [-0.39, 0.29) is 0 Å². The van der Waals surface area contributed by atoms with Gasteiger partial charge in [0.1, 0.15) is 10.3 Å². The van der Waals surface area contributed by atoms with Crippen LogP contribution in [0.25, 0.3) is 10.3 Å². The summed E-state index contributed by atoms with van der Waals surface area (Å²) in [5.41, 5.74) is 1.95. The molecule has 3 heterocycles. The van der Waals surface area contributed by atoms with E-state index in [2.05, 4.69) is 21.9 Å². The second-order valence-electron chi connectivity index (χ2n) is 4.48. The summed E-state index contributed by atoms with van der Waals surface area (Å²) in [5.74, 6) is 0.520. The number of carbonyl (C=O) groups is 1. The van der Waals surface area contributed by atoms with E-state index in [1.165, 1.54) is 11.3 Å². The standard InChI is InChI=1S/C12H13N3OS/c1-15-5-4-8(6-15)9-2-3-10-12(14-9)17-11(7-16)13-10/h2-3,7-8H,4-6H2,1H3. The number of thiazole rings is 1. The van der Waals surface area contributed by atoms with E-state index in [1.807, 2.05) is 12.1 Å². The molecule has 3 rings (SSSR count). The first-order valence-electron chi connectivity index (χ1n) is 5.67. The van der Waals surface area contributed by atoms with Crippen molar-refractivity contribution in [2.24, 2.45) is 0 Å². The average Bonchev–Trinajstić information content (AvgIpc) is 2.93. The Morgan fingerprint density at radius 1 is 1.47 bits per heavy atom. The zero-order valence-electron chi connectivity index (χ0n) is 9.59. The number of hydrogen-bond donors (Lipinski definition) is 0. The van der Waals surface area contributed by atoms with Crippen molar-refractivity contribution in [1.29, 1.82) is 0 Å². The molecule has 4 nitrogen and oxygen atoms in total. The number of carbonyl (C=O) groups excluding carboxylic acids is 1. The monoisotopic (exact) mass is 247 g/mol. The number of likely N-dealkylation sites (tertiary alicyclic amines) is 1. The largest absolute Gasteiger partial charge is 0.306 e. The van der Waals surface area contributed by atoms with Crippen molar-refractivity contribution in [3.05, 3.63) is 22.8 Å². The van der Waals surface area contributed by atoms with E-state index >= 15 is 0 Å². The number of pyridine rings is 1. The molecule has 88 valence electrons. The molecule has 0 bridgehead atoms. The molecule has 0 amide bonds. The Balaban J connectivity index is 1.98. The van der Waals surface area contributed by atoms with Crippen molar-refractivity contribution in [1.82, 2.24) is 14.9 Å². The predicted molar refractivity (Wildman–Crippen MR) is 67.7 cm³/mol. The van der Waals surface area contributed by atoms with Gasteiger partial charge in [0, 0.05) is 18.2 Å². The lowest BCUT2D eigenvalue weighted by atomic mass is 10.0. The van der Waals surface area contributed by atoms with E-state index in [9.17, 15) is 4.79 Å². The molecule has 0 N–H and O–H groups in total. The van der Waals surface area contributed by atoms with Gasteiger partial charge in [-0.3, -0.25) is 4.79 Å². The lowest BCUT2D eigenvalue weighted by molar-refractivity contribution is 0.112. The smallest absolute Gasteiger partial charge is 0.178 e. The normalized spacial score (nSPS) is 21.1. The van der Waals surface area contributed by atoms with E-state index in [4.69, 9.17) is 0 Å². The van der Waals surface area contributed by atoms with Crippen molar-refractivity contribution >= 4 is 28.0 Å². The van der Waals surface area contributed by atoms with Gasteiger partial charge in [-0.15, -0.1) is 0 Å². The third kappa shape index (κ3) is 1.96. The highest BCUT2D eigenvalue weighted by Crippen LogP contribution is 2.27. The van der Waals surface area contributed by atoms with Gasteiger partial charge in [0.05, 0.1) is 0 Å². The van der Waals surface area contributed by atoms with Gasteiger partial charge in [-0.05, 0) is 32.1 Å². The Labute approximate surface area is 103 Å². The Hall–Kier alpha value is -1.33. The molecule has 1 unspecified atom stereocenters. The summed E-state index contributed by atoms with van der Waals surface area (Å²) in [5, 5.41) is 0.508.